The summed E-state index contributed by atoms with van der Waals surface area (Å²) in [6, 6.07) is 20.7. The van der Waals surface area contributed by atoms with Gasteiger partial charge in [-0.2, -0.15) is 5.10 Å². The van der Waals surface area contributed by atoms with Gasteiger partial charge in [0, 0.05) is 29.1 Å². The molecule has 1 N–H and O–H groups in total. The molecule has 32 heavy (non-hydrogen) atoms. The Labute approximate surface area is 185 Å². The van der Waals surface area contributed by atoms with Gasteiger partial charge in [-0.1, -0.05) is 60.7 Å². The number of aromatic nitrogens is 4. The minimum absolute atomic E-state index is 0.00895. The van der Waals surface area contributed by atoms with Crippen LogP contribution in [0.4, 0.5) is 5.95 Å². The minimum atomic E-state index is -0.569. The highest BCUT2D eigenvalue weighted by Gasteiger charge is 2.25. The lowest BCUT2D eigenvalue weighted by molar-refractivity contribution is 0.102. The zero-order chi connectivity index (χ0) is 22.7. The number of carbonyl (C=O) groups excluding carboxylic acids is 1. The van der Waals surface area contributed by atoms with E-state index < -0.39 is 11.5 Å². The summed E-state index contributed by atoms with van der Waals surface area (Å²) in [5.41, 5.74) is 3.57. The van der Waals surface area contributed by atoms with Crippen LogP contribution < -0.4 is 10.9 Å². The van der Waals surface area contributed by atoms with E-state index in [1.54, 1.807) is 0 Å². The molecule has 0 saturated heterocycles. The monoisotopic (exact) mass is 425 g/mol. The van der Waals surface area contributed by atoms with E-state index in [9.17, 15) is 9.59 Å². The second-order valence-electron chi connectivity index (χ2n) is 7.38. The van der Waals surface area contributed by atoms with E-state index in [0.717, 1.165) is 22.5 Å². The molecule has 0 spiro atoms. The molecule has 7 heteroatoms. The number of hydrogen-bond acceptors (Lipinski definition) is 5. The van der Waals surface area contributed by atoms with Gasteiger partial charge in [0.25, 0.3) is 11.5 Å². The molecular weight excluding hydrogens is 402 g/mol. The molecular formula is C25H23N5O2. The van der Waals surface area contributed by atoms with E-state index in [1.165, 1.54) is 4.68 Å². The number of hydrogen-bond donors (Lipinski definition) is 1. The number of benzene rings is 2. The maximum Gasteiger partial charge on any atom is 0.280 e. The van der Waals surface area contributed by atoms with Crippen molar-refractivity contribution in [2.45, 2.75) is 27.3 Å². The molecule has 0 radical (unpaired) electrons. The number of carbonyl (C=O) groups is 1. The highest BCUT2D eigenvalue weighted by molar-refractivity contribution is 6.09. The molecule has 0 aliphatic heterocycles. The van der Waals surface area contributed by atoms with E-state index >= 15 is 0 Å². The molecule has 0 saturated carbocycles. The SMILES string of the molecule is CCn1nc(-c2ccccc2)c(-c2ccccc2)c(C(=O)Nc2nc(C)cc(C)n2)c1=O. The van der Waals surface area contributed by atoms with E-state index in [1.807, 2.05) is 87.5 Å². The Hall–Kier alpha value is -4.13. The third-order valence-electron chi connectivity index (χ3n) is 5.00. The van der Waals surface area contributed by atoms with Crippen LogP contribution in [0, 0.1) is 13.8 Å². The number of amides is 1. The Morgan fingerprint density at radius 1 is 0.906 bits per heavy atom. The van der Waals surface area contributed by atoms with Crippen molar-refractivity contribution in [1.29, 1.82) is 0 Å². The molecule has 2 heterocycles. The summed E-state index contributed by atoms with van der Waals surface area (Å²) in [5.74, 6) is -0.410. The lowest BCUT2D eigenvalue weighted by Gasteiger charge is -2.16. The van der Waals surface area contributed by atoms with Gasteiger partial charge >= 0.3 is 0 Å². The Morgan fingerprint density at radius 2 is 1.47 bits per heavy atom. The molecule has 7 nitrogen and oxygen atoms in total. The fraction of sp³-hybridized carbons (Fsp3) is 0.160. The molecule has 0 unspecified atom stereocenters. The first kappa shape index (κ1) is 21.1. The fourth-order valence-electron chi connectivity index (χ4n) is 3.63. The van der Waals surface area contributed by atoms with Crippen LogP contribution in [-0.2, 0) is 6.54 Å². The topological polar surface area (TPSA) is 89.8 Å². The van der Waals surface area contributed by atoms with Gasteiger partial charge in [-0.3, -0.25) is 14.9 Å². The van der Waals surface area contributed by atoms with Crippen molar-refractivity contribution in [3.63, 3.8) is 0 Å². The molecule has 2 aromatic heterocycles. The average molecular weight is 425 g/mol. The molecule has 4 rings (SSSR count). The van der Waals surface area contributed by atoms with Crippen molar-refractivity contribution in [1.82, 2.24) is 19.7 Å². The van der Waals surface area contributed by atoms with Crippen LogP contribution in [0.5, 0.6) is 0 Å². The Morgan fingerprint density at radius 3 is 2.03 bits per heavy atom. The summed E-state index contributed by atoms with van der Waals surface area (Å²) < 4.78 is 1.31. The lowest BCUT2D eigenvalue weighted by atomic mass is 9.95. The minimum Gasteiger partial charge on any atom is -0.290 e. The van der Waals surface area contributed by atoms with Crippen molar-refractivity contribution in [2.75, 3.05) is 5.32 Å². The summed E-state index contributed by atoms with van der Waals surface area (Å²) in [6.07, 6.45) is 0. The molecule has 0 aliphatic rings. The van der Waals surface area contributed by atoms with Crippen LogP contribution in [0.3, 0.4) is 0 Å². The average Bonchev–Trinajstić information content (AvgIpc) is 2.79. The summed E-state index contributed by atoms with van der Waals surface area (Å²) >= 11 is 0. The molecule has 1 amide bonds. The summed E-state index contributed by atoms with van der Waals surface area (Å²) in [7, 11) is 0. The zero-order valence-corrected chi connectivity index (χ0v) is 18.2. The Kier molecular flexibility index (Phi) is 5.89. The van der Waals surface area contributed by atoms with E-state index in [2.05, 4.69) is 20.4 Å². The number of nitrogens with zero attached hydrogens (tertiary/aromatic N) is 4. The molecule has 4 aromatic rings. The summed E-state index contributed by atoms with van der Waals surface area (Å²) in [4.78, 5) is 35.4. The van der Waals surface area contributed by atoms with E-state index in [-0.39, 0.29) is 11.5 Å². The van der Waals surface area contributed by atoms with Crippen molar-refractivity contribution < 1.29 is 4.79 Å². The van der Waals surface area contributed by atoms with Gasteiger partial charge in [0.15, 0.2) is 0 Å². The first-order valence-electron chi connectivity index (χ1n) is 10.4. The van der Waals surface area contributed by atoms with E-state index in [4.69, 9.17) is 0 Å². The third-order valence-corrected chi connectivity index (χ3v) is 5.00. The Balaban J connectivity index is 1.98. The second kappa shape index (κ2) is 8.93. The van der Waals surface area contributed by atoms with Crippen LogP contribution in [-0.4, -0.2) is 25.7 Å². The molecule has 2 aromatic carbocycles. The summed E-state index contributed by atoms with van der Waals surface area (Å²) in [6.45, 7) is 5.79. The van der Waals surface area contributed by atoms with Crippen LogP contribution in [0.2, 0.25) is 0 Å². The van der Waals surface area contributed by atoms with Crippen molar-refractivity contribution in [3.05, 3.63) is 94.0 Å². The molecule has 0 atom stereocenters. The van der Waals surface area contributed by atoms with Crippen molar-refractivity contribution in [2.24, 2.45) is 0 Å². The van der Waals surface area contributed by atoms with Gasteiger partial charge in [-0.25, -0.2) is 14.6 Å². The molecule has 160 valence electrons. The van der Waals surface area contributed by atoms with Crippen molar-refractivity contribution in [3.8, 4) is 22.4 Å². The largest absolute Gasteiger partial charge is 0.290 e. The van der Waals surface area contributed by atoms with Gasteiger partial charge in [-0.05, 0) is 32.4 Å². The van der Waals surface area contributed by atoms with Gasteiger partial charge in [0.05, 0.1) is 5.69 Å². The van der Waals surface area contributed by atoms with Gasteiger partial charge < -0.3 is 0 Å². The predicted octanol–water partition coefficient (Wildman–Crippen LogP) is 4.26. The van der Waals surface area contributed by atoms with Gasteiger partial charge in [0.2, 0.25) is 5.95 Å². The highest BCUT2D eigenvalue weighted by Crippen LogP contribution is 2.32. The maximum atomic E-state index is 13.5. The maximum absolute atomic E-state index is 13.5. The second-order valence-corrected chi connectivity index (χ2v) is 7.38. The smallest absolute Gasteiger partial charge is 0.280 e. The first-order valence-corrected chi connectivity index (χ1v) is 10.4. The van der Waals surface area contributed by atoms with Crippen LogP contribution in [0.15, 0.2) is 71.5 Å². The van der Waals surface area contributed by atoms with E-state index in [0.29, 0.717) is 17.8 Å². The first-order chi connectivity index (χ1) is 15.5. The highest BCUT2D eigenvalue weighted by atomic mass is 16.2. The Bertz CT molecular complexity index is 1310. The molecule has 0 fully saturated rings. The number of rotatable bonds is 5. The molecule has 0 bridgehead atoms. The standard InChI is InChI=1S/C25H23N5O2/c1-4-30-24(32)21(23(31)28-25-26-16(2)15-17(3)27-25)20(18-11-7-5-8-12-18)22(29-30)19-13-9-6-10-14-19/h5-15H,4H2,1-3H3,(H,26,27,28,31). The predicted molar refractivity (Wildman–Crippen MR) is 125 cm³/mol. The zero-order valence-electron chi connectivity index (χ0n) is 18.2. The normalized spacial score (nSPS) is 10.7. The van der Waals surface area contributed by atoms with Crippen molar-refractivity contribution >= 4 is 11.9 Å². The molecule has 0 aliphatic carbocycles. The van der Waals surface area contributed by atoms with Crippen LogP contribution >= 0.6 is 0 Å². The number of anilines is 1. The van der Waals surface area contributed by atoms with Gasteiger partial charge in [-0.15, -0.1) is 0 Å². The van der Waals surface area contributed by atoms with Crippen LogP contribution in [0.25, 0.3) is 22.4 Å². The summed E-state index contributed by atoms with van der Waals surface area (Å²) in [5, 5.41) is 7.33. The number of aryl methyl sites for hydroxylation is 3. The lowest BCUT2D eigenvalue weighted by Crippen LogP contribution is -2.32. The van der Waals surface area contributed by atoms with Crippen LogP contribution in [0.1, 0.15) is 28.7 Å². The fourth-order valence-corrected chi connectivity index (χ4v) is 3.63. The number of nitrogens with one attached hydrogen (secondary N) is 1. The third kappa shape index (κ3) is 4.18. The quantitative estimate of drug-likeness (QED) is 0.516. The van der Waals surface area contributed by atoms with Gasteiger partial charge in [0.1, 0.15) is 5.56 Å².